The number of carbonyl (C=O) groups excluding carboxylic acids is 1. The van der Waals surface area contributed by atoms with Crippen molar-refractivity contribution in [3.05, 3.63) is 18.2 Å². The lowest BCUT2D eigenvalue weighted by molar-refractivity contribution is -0.116. The van der Waals surface area contributed by atoms with Crippen LogP contribution in [0, 0.1) is 5.92 Å². The van der Waals surface area contributed by atoms with Crippen LogP contribution in [-0.2, 0) is 4.79 Å². The fraction of sp³-hybridized carbons (Fsp3) is 0.562. The second-order valence-corrected chi connectivity index (χ2v) is 5.81. The summed E-state index contributed by atoms with van der Waals surface area (Å²) in [6.45, 7) is 5.60. The zero-order valence-corrected chi connectivity index (χ0v) is 12.9. The number of nitrogens with one attached hydrogen (secondary N) is 1. The fourth-order valence-corrected chi connectivity index (χ4v) is 2.72. The standard InChI is InChI=1S/C16H25N3O2/c1-12-7-9-19(11-12)8-3-4-16(20)18-14-6-5-13(17)10-15(14)21-2/h5-6,10,12H,3-4,7-9,11,17H2,1-2H3,(H,18,20). The van der Waals surface area contributed by atoms with Crippen molar-refractivity contribution in [1.82, 2.24) is 4.90 Å². The van der Waals surface area contributed by atoms with E-state index in [9.17, 15) is 4.79 Å². The summed E-state index contributed by atoms with van der Waals surface area (Å²) >= 11 is 0. The van der Waals surface area contributed by atoms with Gasteiger partial charge in [0.25, 0.3) is 0 Å². The molecule has 1 aliphatic heterocycles. The molecular formula is C16H25N3O2. The number of ether oxygens (including phenoxy) is 1. The molecule has 21 heavy (non-hydrogen) atoms. The minimum absolute atomic E-state index is 0.0188. The largest absolute Gasteiger partial charge is 0.494 e. The van der Waals surface area contributed by atoms with Gasteiger partial charge in [0.15, 0.2) is 0 Å². The van der Waals surface area contributed by atoms with Crippen molar-refractivity contribution in [1.29, 1.82) is 0 Å². The van der Waals surface area contributed by atoms with Gasteiger partial charge < -0.3 is 20.7 Å². The number of likely N-dealkylation sites (tertiary alicyclic amines) is 1. The number of methoxy groups -OCH3 is 1. The van der Waals surface area contributed by atoms with E-state index in [0.717, 1.165) is 32.0 Å². The highest BCUT2D eigenvalue weighted by Gasteiger charge is 2.18. The Labute approximate surface area is 126 Å². The van der Waals surface area contributed by atoms with Crippen LogP contribution in [0.3, 0.4) is 0 Å². The van der Waals surface area contributed by atoms with Gasteiger partial charge in [0, 0.05) is 24.7 Å². The minimum Gasteiger partial charge on any atom is -0.494 e. The van der Waals surface area contributed by atoms with Crippen molar-refractivity contribution in [2.24, 2.45) is 5.92 Å². The average Bonchev–Trinajstić information content (AvgIpc) is 2.86. The first kappa shape index (κ1) is 15.6. The summed E-state index contributed by atoms with van der Waals surface area (Å²) in [4.78, 5) is 14.4. The number of hydrogen-bond donors (Lipinski definition) is 2. The van der Waals surface area contributed by atoms with Crippen molar-refractivity contribution < 1.29 is 9.53 Å². The van der Waals surface area contributed by atoms with Gasteiger partial charge in [0.05, 0.1) is 12.8 Å². The summed E-state index contributed by atoms with van der Waals surface area (Å²) in [5.41, 5.74) is 6.99. The Morgan fingerprint density at radius 3 is 3.00 bits per heavy atom. The molecule has 1 saturated heterocycles. The molecule has 5 nitrogen and oxygen atoms in total. The smallest absolute Gasteiger partial charge is 0.224 e. The van der Waals surface area contributed by atoms with Gasteiger partial charge in [0.2, 0.25) is 5.91 Å². The fourth-order valence-electron chi connectivity index (χ4n) is 2.72. The minimum atomic E-state index is 0.0188. The Morgan fingerprint density at radius 1 is 1.52 bits per heavy atom. The van der Waals surface area contributed by atoms with E-state index in [4.69, 9.17) is 10.5 Å². The summed E-state index contributed by atoms with van der Waals surface area (Å²) in [5.74, 6) is 1.40. The maximum atomic E-state index is 12.0. The first-order chi connectivity index (χ1) is 10.1. The van der Waals surface area contributed by atoms with E-state index < -0.39 is 0 Å². The second-order valence-electron chi connectivity index (χ2n) is 5.81. The molecule has 0 aromatic heterocycles. The van der Waals surface area contributed by atoms with E-state index in [-0.39, 0.29) is 5.91 Å². The zero-order valence-electron chi connectivity index (χ0n) is 12.9. The van der Waals surface area contributed by atoms with Crippen LogP contribution in [0.15, 0.2) is 18.2 Å². The van der Waals surface area contributed by atoms with Gasteiger partial charge in [-0.25, -0.2) is 0 Å². The third-order valence-electron chi connectivity index (χ3n) is 3.89. The molecule has 1 aliphatic rings. The Morgan fingerprint density at radius 2 is 2.33 bits per heavy atom. The number of amides is 1. The molecule has 1 aromatic rings. The molecule has 1 heterocycles. The Balaban J connectivity index is 1.76. The van der Waals surface area contributed by atoms with Crippen molar-refractivity contribution in [3.8, 4) is 5.75 Å². The summed E-state index contributed by atoms with van der Waals surface area (Å²) < 4.78 is 5.22. The molecule has 0 saturated carbocycles. The highest BCUT2D eigenvalue weighted by Crippen LogP contribution is 2.26. The van der Waals surface area contributed by atoms with Crippen LogP contribution in [0.1, 0.15) is 26.2 Å². The summed E-state index contributed by atoms with van der Waals surface area (Å²) in [7, 11) is 1.57. The number of nitrogen functional groups attached to an aromatic ring is 1. The highest BCUT2D eigenvalue weighted by molar-refractivity contribution is 5.92. The first-order valence-electron chi connectivity index (χ1n) is 7.54. The second kappa shape index (κ2) is 7.31. The van der Waals surface area contributed by atoms with Crippen molar-refractivity contribution in [2.75, 3.05) is 37.8 Å². The lowest BCUT2D eigenvalue weighted by Gasteiger charge is -2.15. The van der Waals surface area contributed by atoms with E-state index in [1.165, 1.54) is 6.42 Å². The summed E-state index contributed by atoms with van der Waals surface area (Å²) in [6, 6.07) is 5.24. The molecule has 1 amide bonds. The SMILES string of the molecule is COc1cc(N)ccc1NC(=O)CCCN1CCC(C)C1. The topological polar surface area (TPSA) is 67.6 Å². The van der Waals surface area contributed by atoms with Crippen molar-refractivity contribution >= 4 is 17.3 Å². The molecule has 1 atom stereocenters. The molecule has 0 radical (unpaired) electrons. The van der Waals surface area contributed by atoms with E-state index in [1.807, 2.05) is 0 Å². The van der Waals surface area contributed by atoms with Gasteiger partial charge in [-0.1, -0.05) is 6.92 Å². The molecule has 0 aliphatic carbocycles. The molecule has 0 bridgehead atoms. The van der Waals surface area contributed by atoms with E-state index in [2.05, 4.69) is 17.1 Å². The highest BCUT2D eigenvalue weighted by atomic mass is 16.5. The molecule has 116 valence electrons. The van der Waals surface area contributed by atoms with Crippen molar-refractivity contribution in [3.63, 3.8) is 0 Å². The van der Waals surface area contributed by atoms with Crippen LogP contribution >= 0.6 is 0 Å². The van der Waals surface area contributed by atoms with Crippen LogP contribution in [0.2, 0.25) is 0 Å². The van der Waals surface area contributed by atoms with E-state index in [1.54, 1.807) is 25.3 Å². The quantitative estimate of drug-likeness (QED) is 0.789. The number of anilines is 2. The molecule has 1 aromatic carbocycles. The third kappa shape index (κ3) is 4.63. The molecular weight excluding hydrogens is 266 g/mol. The van der Waals surface area contributed by atoms with Crippen LogP contribution in [-0.4, -0.2) is 37.6 Å². The predicted molar refractivity (Wildman–Crippen MR) is 85.5 cm³/mol. The van der Waals surface area contributed by atoms with Crippen molar-refractivity contribution in [2.45, 2.75) is 26.2 Å². The van der Waals surface area contributed by atoms with Crippen LogP contribution in [0.4, 0.5) is 11.4 Å². The number of nitrogens with two attached hydrogens (primary N) is 1. The molecule has 0 spiro atoms. The first-order valence-corrected chi connectivity index (χ1v) is 7.54. The summed E-state index contributed by atoms with van der Waals surface area (Å²) in [5, 5.41) is 2.88. The van der Waals surface area contributed by atoms with Gasteiger partial charge >= 0.3 is 0 Å². The lowest BCUT2D eigenvalue weighted by atomic mass is 10.2. The molecule has 2 rings (SSSR count). The molecule has 1 fully saturated rings. The van der Waals surface area contributed by atoms with Crippen LogP contribution in [0.5, 0.6) is 5.75 Å². The number of nitrogens with zero attached hydrogens (tertiary/aromatic N) is 1. The van der Waals surface area contributed by atoms with Gasteiger partial charge in [-0.05, 0) is 44.0 Å². The number of hydrogen-bond acceptors (Lipinski definition) is 4. The van der Waals surface area contributed by atoms with Gasteiger partial charge in [-0.3, -0.25) is 4.79 Å². The average molecular weight is 291 g/mol. The van der Waals surface area contributed by atoms with Gasteiger partial charge in [-0.2, -0.15) is 0 Å². The molecule has 5 heteroatoms. The maximum absolute atomic E-state index is 12.0. The summed E-state index contributed by atoms with van der Waals surface area (Å²) in [6.07, 6.45) is 2.68. The van der Waals surface area contributed by atoms with E-state index >= 15 is 0 Å². The van der Waals surface area contributed by atoms with Gasteiger partial charge in [-0.15, -0.1) is 0 Å². The molecule has 3 N–H and O–H groups in total. The Kier molecular flexibility index (Phi) is 5.44. The molecule has 1 unspecified atom stereocenters. The predicted octanol–water partition coefficient (Wildman–Crippen LogP) is 2.34. The normalized spacial score (nSPS) is 18.7. The zero-order chi connectivity index (χ0) is 15.2. The van der Waals surface area contributed by atoms with Gasteiger partial charge in [0.1, 0.15) is 5.75 Å². The number of carbonyl (C=O) groups is 1. The third-order valence-corrected chi connectivity index (χ3v) is 3.89. The number of rotatable bonds is 6. The van der Waals surface area contributed by atoms with Crippen LogP contribution < -0.4 is 15.8 Å². The monoisotopic (exact) mass is 291 g/mol. The lowest BCUT2D eigenvalue weighted by Crippen LogP contribution is -2.23. The maximum Gasteiger partial charge on any atom is 0.224 e. The Hall–Kier alpha value is -1.75. The van der Waals surface area contributed by atoms with E-state index in [0.29, 0.717) is 23.5 Å². The van der Waals surface area contributed by atoms with Crippen LogP contribution in [0.25, 0.3) is 0 Å². The number of benzene rings is 1. The Bertz CT molecular complexity index is 490.